The SMILES string of the molecule is COCOc1ccc(C2CC2)cc1Sc1ccc(CC[C@@](C)(COP(=O)(OC)OC)NC(=O)OC(C)(C)C)c(Cl)c1. The maximum atomic E-state index is 12.6. The van der Waals surface area contributed by atoms with Crippen LogP contribution in [0, 0.1) is 0 Å². The van der Waals surface area contributed by atoms with Gasteiger partial charge in [0.25, 0.3) is 0 Å². The Labute approximate surface area is 252 Å². The summed E-state index contributed by atoms with van der Waals surface area (Å²) in [6.07, 6.45) is 2.72. The highest BCUT2D eigenvalue weighted by Crippen LogP contribution is 2.48. The third-order valence-electron chi connectivity index (χ3n) is 6.34. The van der Waals surface area contributed by atoms with Gasteiger partial charge in [0.05, 0.1) is 17.0 Å². The highest BCUT2D eigenvalue weighted by Gasteiger charge is 2.34. The Hall–Kier alpha value is -1.78. The summed E-state index contributed by atoms with van der Waals surface area (Å²) in [5.41, 5.74) is 0.537. The zero-order chi connectivity index (χ0) is 30.3. The van der Waals surface area contributed by atoms with Gasteiger partial charge in [-0.1, -0.05) is 35.5 Å². The van der Waals surface area contributed by atoms with Crippen LogP contribution in [-0.4, -0.2) is 52.0 Å². The monoisotopic (exact) mass is 629 g/mol. The highest BCUT2D eigenvalue weighted by molar-refractivity contribution is 7.99. The predicted octanol–water partition coefficient (Wildman–Crippen LogP) is 7.98. The van der Waals surface area contributed by atoms with Crippen LogP contribution in [0.5, 0.6) is 5.75 Å². The molecule has 1 saturated carbocycles. The van der Waals surface area contributed by atoms with E-state index < -0.39 is 25.1 Å². The molecule has 1 amide bonds. The van der Waals surface area contributed by atoms with E-state index in [0.29, 0.717) is 23.8 Å². The number of rotatable bonds is 15. The number of amides is 1. The van der Waals surface area contributed by atoms with Crippen LogP contribution in [0.3, 0.4) is 0 Å². The molecule has 0 bridgehead atoms. The smallest absolute Gasteiger partial charge is 0.466 e. The number of carbonyl (C=O) groups is 1. The number of hydrogen-bond acceptors (Lipinski definition) is 9. The molecule has 0 aliphatic heterocycles. The van der Waals surface area contributed by atoms with Crippen LogP contribution in [-0.2, 0) is 34.0 Å². The van der Waals surface area contributed by atoms with Gasteiger partial charge in [-0.05, 0) is 94.7 Å². The predicted molar refractivity (Wildman–Crippen MR) is 160 cm³/mol. The topological polar surface area (TPSA) is 102 Å². The first kappa shape index (κ1) is 33.7. The number of alkyl carbamates (subject to hydrolysis) is 1. The fourth-order valence-corrected chi connectivity index (χ4v) is 6.10. The van der Waals surface area contributed by atoms with Crippen molar-refractivity contribution in [2.45, 2.75) is 80.2 Å². The Morgan fingerprint density at radius 2 is 1.78 bits per heavy atom. The lowest BCUT2D eigenvalue weighted by Crippen LogP contribution is -2.51. The molecule has 41 heavy (non-hydrogen) atoms. The van der Waals surface area contributed by atoms with Crippen LogP contribution >= 0.6 is 31.2 Å². The average Bonchev–Trinajstić information content (AvgIpc) is 3.75. The van der Waals surface area contributed by atoms with Crippen molar-refractivity contribution >= 4 is 37.3 Å². The fourth-order valence-electron chi connectivity index (χ4n) is 3.97. The van der Waals surface area contributed by atoms with E-state index in [2.05, 4.69) is 17.4 Å². The average molecular weight is 630 g/mol. The summed E-state index contributed by atoms with van der Waals surface area (Å²) in [6.45, 7) is 7.13. The van der Waals surface area contributed by atoms with Gasteiger partial charge in [-0.2, -0.15) is 0 Å². The van der Waals surface area contributed by atoms with E-state index >= 15 is 0 Å². The summed E-state index contributed by atoms with van der Waals surface area (Å²) in [4.78, 5) is 14.6. The fraction of sp³-hybridized carbons (Fsp3) is 0.552. The van der Waals surface area contributed by atoms with Crippen LogP contribution in [0.15, 0.2) is 46.2 Å². The molecule has 2 aromatic rings. The molecular formula is C29H41ClNO8PS. The molecule has 1 fully saturated rings. The number of aryl methyl sites for hydroxylation is 1. The molecule has 0 spiro atoms. The Bertz CT molecular complexity index is 1230. The number of ether oxygens (including phenoxy) is 3. The molecule has 1 aliphatic rings. The molecule has 0 heterocycles. The summed E-state index contributed by atoms with van der Waals surface area (Å²) in [6, 6.07) is 12.2. The van der Waals surface area contributed by atoms with Crippen LogP contribution in [0.2, 0.25) is 5.02 Å². The van der Waals surface area contributed by atoms with Gasteiger partial charge in [-0.3, -0.25) is 13.6 Å². The number of benzene rings is 2. The third kappa shape index (κ3) is 10.8. The largest absolute Gasteiger partial charge is 0.474 e. The molecule has 1 N–H and O–H groups in total. The quantitative estimate of drug-likeness (QED) is 0.155. The van der Waals surface area contributed by atoms with Crippen molar-refractivity contribution in [3.8, 4) is 5.75 Å². The van der Waals surface area contributed by atoms with Gasteiger partial charge in [-0.15, -0.1) is 0 Å². The summed E-state index contributed by atoms with van der Waals surface area (Å²) >= 11 is 8.32. The first-order valence-corrected chi connectivity index (χ1v) is 16.0. The summed E-state index contributed by atoms with van der Waals surface area (Å²) in [5.74, 6) is 1.38. The highest BCUT2D eigenvalue weighted by atomic mass is 35.5. The van der Waals surface area contributed by atoms with Gasteiger partial charge in [-0.25, -0.2) is 9.36 Å². The number of carbonyl (C=O) groups excluding carboxylic acids is 1. The Morgan fingerprint density at radius 1 is 1.07 bits per heavy atom. The molecular weight excluding hydrogens is 589 g/mol. The lowest BCUT2D eigenvalue weighted by Gasteiger charge is -2.32. The molecule has 2 aromatic carbocycles. The van der Waals surface area contributed by atoms with E-state index in [-0.39, 0.29) is 13.4 Å². The first-order chi connectivity index (χ1) is 19.3. The van der Waals surface area contributed by atoms with E-state index in [4.69, 9.17) is 39.4 Å². The van der Waals surface area contributed by atoms with E-state index in [1.54, 1.807) is 46.6 Å². The Kier molecular flexibility index (Phi) is 12.0. The second kappa shape index (κ2) is 14.6. The third-order valence-corrected chi connectivity index (χ3v) is 9.06. The molecule has 9 nitrogen and oxygen atoms in total. The van der Waals surface area contributed by atoms with Crippen molar-refractivity contribution in [2.75, 3.05) is 34.7 Å². The number of hydrogen-bond donors (Lipinski definition) is 1. The minimum absolute atomic E-state index is 0.141. The number of halogens is 1. The van der Waals surface area contributed by atoms with E-state index in [0.717, 1.165) is 21.1 Å². The van der Waals surface area contributed by atoms with Gasteiger partial charge in [0.2, 0.25) is 0 Å². The lowest BCUT2D eigenvalue weighted by molar-refractivity contribution is 0.0389. The molecule has 12 heteroatoms. The van der Waals surface area contributed by atoms with Crippen LogP contribution in [0.25, 0.3) is 0 Å². The van der Waals surface area contributed by atoms with Crippen molar-refractivity contribution in [2.24, 2.45) is 0 Å². The second-order valence-electron chi connectivity index (χ2n) is 11.2. The van der Waals surface area contributed by atoms with E-state index in [1.165, 1.54) is 32.6 Å². The summed E-state index contributed by atoms with van der Waals surface area (Å²) < 4.78 is 44.1. The lowest BCUT2D eigenvalue weighted by atomic mass is 9.94. The standard InChI is InChI=1S/C29H41ClNO8PS/c1-28(2,3)39-27(32)31-29(4,18-38-40(33,35-6)36-7)15-14-21-10-12-23(17-24(21)30)41-26-16-22(20-8-9-20)11-13-25(26)37-19-34-5/h10-13,16-17,20H,8-9,14-15,18-19H2,1-7H3,(H,31,32)/t29-/m0/s1. The minimum Gasteiger partial charge on any atom is -0.466 e. The number of phosphoric acid groups is 1. The van der Waals surface area contributed by atoms with E-state index in [9.17, 15) is 9.36 Å². The summed E-state index contributed by atoms with van der Waals surface area (Å²) in [5, 5.41) is 3.45. The normalized spacial score (nSPS) is 15.3. The molecule has 228 valence electrons. The second-order valence-corrected chi connectivity index (χ2v) is 14.6. The molecule has 1 atom stereocenters. The van der Waals surface area contributed by atoms with Gasteiger partial charge < -0.3 is 19.5 Å². The number of methoxy groups -OCH3 is 1. The van der Waals surface area contributed by atoms with Crippen LogP contribution < -0.4 is 10.1 Å². The minimum atomic E-state index is -3.76. The van der Waals surface area contributed by atoms with Gasteiger partial charge in [0.1, 0.15) is 11.4 Å². The van der Waals surface area contributed by atoms with Gasteiger partial charge in [0, 0.05) is 31.2 Å². The maximum Gasteiger partial charge on any atom is 0.474 e. The molecule has 0 radical (unpaired) electrons. The van der Waals surface area contributed by atoms with Gasteiger partial charge in [0.15, 0.2) is 6.79 Å². The molecule has 3 rings (SSSR count). The van der Waals surface area contributed by atoms with Crippen molar-refractivity contribution < 1.29 is 37.1 Å². The molecule has 0 saturated heterocycles. The van der Waals surface area contributed by atoms with Crippen LogP contribution in [0.4, 0.5) is 4.79 Å². The van der Waals surface area contributed by atoms with Crippen molar-refractivity contribution in [1.82, 2.24) is 5.32 Å². The molecule has 0 aromatic heterocycles. The first-order valence-electron chi connectivity index (χ1n) is 13.4. The summed E-state index contributed by atoms with van der Waals surface area (Å²) in [7, 11) is 0.298. The molecule has 1 aliphatic carbocycles. The molecule has 0 unspecified atom stereocenters. The Morgan fingerprint density at radius 3 is 2.37 bits per heavy atom. The van der Waals surface area contributed by atoms with Crippen molar-refractivity contribution in [1.29, 1.82) is 0 Å². The van der Waals surface area contributed by atoms with Crippen LogP contribution in [0.1, 0.15) is 64.0 Å². The Balaban J connectivity index is 1.74. The zero-order valence-electron chi connectivity index (χ0n) is 24.8. The van der Waals surface area contributed by atoms with E-state index in [1.807, 2.05) is 24.3 Å². The number of phosphoric ester groups is 1. The van der Waals surface area contributed by atoms with Crippen molar-refractivity contribution in [3.63, 3.8) is 0 Å². The maximum absolute atomic E-state index is 12.6. The number of nitrogens with one attached hydrogen (secondary N) is 1. The van der Waals surface area contributed by atoms with Crippen molar-refractivity contribution in [3.05, 3.63) is 52.5 Å². The zero-order valence-corrected chi connectivity index (χ0v) is 27.3. The van der Waals surface area contributed by atoms with Gasteiger partial charge >= 0.3 is 13.9 Å².